The van der Waals surface area contributed by atoms with Crippen molar-refractivity contribution in [3.05, 3.63) is 58.2 Å². The molecular formula is C14H9I. The van der Waals surface area contributed by atoms with Gasteiger partial charge in [0.05, 0.1) is 0 Å². The molecule has 0 aliphatic heterocycles. The van der Waals surface area contributed by atoms with Crippen LogP contribution in [0.4, 0.5) is 0 Å². The maximum absolute atomic E-state index is 2.39. The van der Waals surface area contributed by atoms with Crippen molar-refractivity contribution in [3.8, 4) is 0 Å². The Morgan fingerprint density at radius 1 is 0.667 bits per heavy atom. The summed E-state index contributed by atoms with van der Waals surface area (Å²) in [5.41, 5.74) is 0. The van der Waals surface area contributed by atoms with Crippen molar-refractivity contribution in [1.29, 1.82) is 0 Å². The van der Waals surface area contributed by atoms with Crippen molar-refractivity contribution in [3.63, 3.8) is 0 Å². The molecule has 72 valence electrons. The van der Waals surface area contributed by atoms with Crippen LogP contribution in [0.15, 0.2) is 54.6 Å². The van der Waals surface area contributed by atoms with E-state index in [-0.39, 0.29) is 0 Å². The summed E-state index contributed by atoms with van der Waals surface area (Å²) in [6.45, 7) is 0. The quantitative estimate of drug-likeness (QED) is 0.421. The fourth-order valence-corrected chi connectivity index (χ4v) is 2.60. The van der Waals surface area contributed by atoms with E-state index in [0.717, 1.165) is 0 Å². The van der Waals surface area contributed by atoms with Gasteiger partial charge in [-0.15, -0.1) is 0 Å². The molecule has 0 saturated heterocycles. The molecule has 15 heavy (non-hydrogen) atoms. The minimum Gasteiger partial charge on any atom is -0.0616 e. The molecule has 0 N–H and O–H groups in total. The summed E-state index contributed by atoms with van der Waals surface area (Å²) in [6, 6.07) is 19.5. The van der Waals surface area contributed by atoms with Crippen molar-refractivity contribution in [2.75, 3.05) is 0 Å². The molecule has 0 unspecified atom stereocenters. The third-order valence-corrected chi connectivity index (χ3v) is 3.63. The lowest BCUT2D eigenvalue weighted by Crippen LogP contribution is -1.78. The minimum atomic E-state index is 1.31. The second-order valence-electron chi connectivity index (χ2n) is 3.66. The highest BCUT2D eigenvalue weighted by Gasteiger charge is 1.99. The largest absolute Gasteiger partial charge is 0.0616 e. The Labute approximate surface area is 102 Å². The van der Waals surface area contributed by atoms with Crippen LogP contribution in [0, 0.1) is 3.57 Å². The fraction of sp³-hybridized carbons (Fsp3) is 0. The Hall–Kier alpha value is -1.09. The van der Waals surface area contributed by atoms with Crippen LogP contribution in [-0.2, 0) is 0 Å². The normalized spacial score (nSPS) is 11.0. The summed E-state index contributed by atoms with van der Waals surface area (Å²) in [7, 11) is 0. The van der Waals surface area contributed by atoms with Gasteiger partial charge in [-0.1, -0.05) is 36.4 Å². The predicted molar refractivity (Wildman–Crippen MR) is 74.2 cm³/mol. The zero-order chi connectivity index (χ0) is 10.3. The highest BCUT2D eigenvalue weighted by atomic mass is 127. The van der Waals surface area contributed by atoms with E-state index in [1.165, 1.54) is 25.1 Å². The molecule has 3 rings (SSSR count). The van der Waals surface area contributed by atoms with Crippen molar-refractivity contribution in [1.82, 2.24) is 0 Å². The van der Waals surface area contributed by atoms with Crippen LogP contribution >= 0.6 is 22.6 Å². The van der Waals surface area contributed by atoms with E-state index in [9.17, 15) is 0 Å². The molecule has 0 bridgehead atoms. The topological polar surface area (TPSA) is 0 Å². The molecule has 0 fully saturated rings. The number of hydrogen-bond acceptors (Lipinski definition) is 0. The first-order chi connectivity index (χ1) is 7.34. The molecule has 0 radical (unpaired) electrons. The lowest BCUT2D eigenvalue weighted by atomic mass is 10.0. The van der Waals surface area contributed by atoms with Gasteiger partial charge in [0, 0.05) is 3.57 Å². The Kier molecular flexibility index (Phi) is 2.13. The number of fused-ring (bicyclic) bond motifs is 2. The van der Waals surface area contributed by atoms with Crippen molar-refractivity contribution in [2.24, 2.45) is 0 Å². The molecule has 0 atom stereocenters. The van der Waals surface area contributed by atoms with E-state index < -0.39 is 0 Å². The first kappa shape index (κ1) is 9.16. The van der Waals surface area contributed by atoms with Gasteiger partial charge in [-0.05, 0) is 62.3 Å². The Morgan fingerprint density at radius 2 is 1.33 bits per heavy atom. The molecule has 1 heteroatoms. The molecule has 0 aromatic heterocycles. The molecule has 3 aromatic carbocycles. The summed E-state index contributed by atoms with van der Waals surface area (Å²) in [4.78, 5) is 0. The Morgan fingerprint density at radius 3 is 2.13 bits per heavy atom. The highest BCUT2D eigenvalue weighted by Crippen LogP contribution is 2.26. The van der Waals surface area contributed by atoms with Gasteiger partial charge in [0.15, 0.2) is 0 Å². The second kappa shape index (κ2) is 3.49. The van der Waals surface area contributed by atoms with Gasteiger partial charge >= 0.3 is 0 Å². The summed E-state index contributed by atoms with van der Waals surface area (Å²) >= 11 is 2.39. The van der Waals surface area contributed by atoms with Crippen molar-refractivity contribution in [2.45, 2.75) is 0 Å². The minimum absolute atomic E-state index is 1.31. The monoisotopic (exact) mass is 304 g/mol. The SMILES string of the molecule is Ic1cccc2cc3ccccc3cc12. The van der Waals surface area contributed by atoms with E-state index in [4.69, 9.17) is 0 Å². The van der Waals surface area contributed by atoms with Crippen LogP contribution < -0.4 is 0 Å². The van der Waals surface area contributed by atoms with Gasteiger partial charge < -0.3 is 0 Å². The second-order valence-corrected chi connectivity index (χ2v) is 4.82. The van der Waals surface area contributed by atoms with Gasteiger partial charge in [-0.25, -0.2) is 0 Å². The zero-order valence-electron chi connectivity index (χ0n) is 8.07. The predicted octanol–water partition coefficient (Wildman–Crippen LogP) is 4.60. The Bertz CT molecular complexity index is 641. The van der Waals surface area contributed by atoms with Crippen LogP contribution in [0.5, 0.6) is 0 Å². The van der Waals surface area contributed by atoms with Gasteiger partial charge in [0.1, 0.15) is 0 Å². The maximum Gasteiger partial charge on any atom is 0.0209 e. The molecule has 0 spiro atoms. The summed E-state index contributed by atoms with van der Waals surface area (Å²) < 4.78 is 1.32. The summed E-state index contributed by atoms with van der Waals surface area (Å²) in [5, 5.41) is 5.29. The number of benzene rings is 3. The zero-order valence-corrected chi connectivity index (χ0v) is 10.2. The standard InChI is InChI=1S/C14H9I/c15-14-7-3-6-12-8-10-4-1-2-5-11(10)9-13(12)14/h1-9H. The average Bonchev–Trinajstić information content (AvgIpc) is 2.27. The molecular weight excluding hydrogens is 295 g/mol. The van der Waals surface area contributed by atoms with E-state index in [0.29, 0.717) is 0 Å². The first-order valence-electron chi connectivity index (χ1n) is 4.92. The summed E-state index contributed by atoms with van der Waals surface area (Å²) in [6.07, 6.45) is 0. The smallest absolute Gasteiger partial charge is 0.0209 e. The van der Waals surface area contributed by atoms with E-state index in [1.54, 1.807) is 0 Å². The molecule has 0 aliphatic rings. The van der Waals surface area contributed by atoms with Crippen LogP contribution in [0.2, 0.25) is 0 Å². The summed E-state index contributed by atoms with van der Waals surface area (Å²) in [5.74, 6) is 0. The van der Waals surface area contributed by atoms with Crippen LogP contribution in [-0.4, -0.2) is 0 Å². The molecule has 0 aliphatic carbocycles. The number of halogens is 1. The van der Waals surface area contributed by atoms with Gasteiger partial charge in [0.25, 0.3) is 0 Å². The first-order valence-corrected chi connectivity index (χ1v) is 5.99. The van der Waals surface area contributed by atoms with Crippen LogP contribution in [0.3, 0.4) is 0 Å². The lowest BCUT2D eigenvalue weighted by Gasteiger charge is -2.03. The molecule has 0 amide bonds. The van der Waals surface area contributed by atoms with E-state index >= 15 is 0 Å². The van der Waals surface area contributed by atoms with E-state index in [1.807, 2.05) is 0 Å². The van der Waals surface area contributed by atoms with Gasteiger partial charge in [-0.2, -0.15) is 0 Å². The van der Waals surface area contributed by atoms with Crippen LogP contribution in [0.25, 0.3) is 21.5 Å². The number of hydrogen-bond donors (Lipinski definition) is 0. The van der Waals surface area contributed by atoms with Crippen molar-refractivity contribution < 1.29 is 0 Å². The Balaban J connectivity index is 2.53. The van der Waals surface area contributed by atoms with Gasteiger partial charge in [0.2, 0.25) is 0 Å². The van der Waals surface area contributed by atoms with Crippen molar-refractivity contribution >= 4 is 44.1 Å². The highest BCUT2D eigenvalue weighted by molar-refractivity contribution is 14.1. The third-order valence-electron chi connectivity index (χ3n) is 2.69. The van der Waals surface area contributed by atoms with Gasteiger partial charge in [-0.3, -0.25) is 0 Å². The molecule has 0 saturated carbocycles. The third kappa shape index (κ3) is 1.51. The fourth-order valence-electron chi connectivity index (χ4n) is 1.93. The molecule has 3 aromatic rings. The lowest BCUT2D eigenvalue weighted by molar-refractivity contribution is 1.73. The van der Waals surface area contributed by atoms with E-state index in [2.05, 4.69) is 77.2 Å². The van der Waals surface area contributed by atoms with Crippen LogP contribution in [0.1, 0.15) is 0 Å². The number of rotatable bonds is 0. The maximum atomic E-state index is 2.39. The molecule has 0 heterocycles. The average molecular weight is 304 g/mol. The molecule has 0 nitrogen and oxygen atoms in total.